The Morgan fingerprint density at radius 3 is 2.67 bits per heavy atom. The van der Waals surface area contributed by atoms with Crippen molar-refractivity contribution < 1.29 is 19.4 Å². The highest BCUT2D eigenvalue weighted by atomic mass is 16.5. The third-order valence-electron chi connectivity index (χ3n) is 2.52. The zero-order valence-corrected chi connectivity index (χ0v) is 9.03. The number of methoxy groups -OCH3 is 1. The molecule has 5 nitrogen and oxygen atoms in total. The minimum Gasteiger partial charge on any atom is -0.481 e. The van der Waals surface area contributed by atoms with Gasteiger partial charge in [0.05, 0.1) is 18.4 Å². The standard InChI is InChI=1S/C10H17NO4/c1-6(5-15-2)4-11-9(12)7-3-8(7)10(13)14/h6-8H,3-5H2,1-2H3,(H,11,12)(H,13,14)/t6?,7-,8+/m1/s1. The topological polar surface area (TPSA) is 75.6 Å². The number of nitrogens with one attached hydrogen (secondary N) is 1. The fourth-order valence-corrected chi connectivity index (χ4v) is 1.51. The smallest absolute Gasteiger partial charge is 0.307 e. The summed E-state index contributed by atoms with van der Waals surface area (Å²) in [5, 5.41) is 11.4. The first-order valence-corrected chi connectivity index (χ1v) is 5.05. The summed E-state index contributed by atoms with van der Waals surface area (Å²) in [6.07, 6.45) is 0.472. The minimum atomic E-state index is -0.875. The minimum absolute atomic E-state index is 0.148. The Kier molecular flexibility index (Phi) is 4.08. The van der Waals surface area contributed by atoms with Crippen LogP contribution >= 0.6 is 0 Å². The van der Waals surface area contributed by atoms with Gasteiger partial charge in [0.2, 0.25) is 5.91 Å². The Labute approximate surface area is 88.8 Å². The Morgan fingerprint density at radius 1 is 1.53 bits per heavy atom. The predicted octanol–water partition coefficient (Wildman–Crippen LogP) is 0.106. The Hall–Kier alpha value is -1.10. The van der Waals surface area contributed by atoms with Gasteiger partial charge in [-0.15, -0.1) is 0 Å². The predicted molar refractivity (Wildman–Crippen MR) is 53.3 cm³/mol. The molecule has 86 valence electrons. The lowest BCUT2D eigenvalue weighted by Gasteiger charge is -2.10. The summed E-state index contributed by atoms with van der Waals surface area (Å²) in [4.78, 5) is 21.9. The van der Waals surface area contributed by atoms with E-state index in [1.54, 1.807) is 7.11 Å². The molecule has 1 aliphatic rings. The fraction of sp³-hybridized carbons (Fsp3) is 0.800. The van der Waals surface area contributed by atoms with Gasteiger partial charge in [0.15, 0.2) is 0 Å². The van der Waals surface area contributed by atoms with E-state index in [4.69, 9.17) is 9.84 Å². The van der Waals surface area contributed by atoms with Crippen molar-refractivity contribution in [3.05, 3.63) is 0 Å². The monoisotopic (exact) mass is 215 g/mol. The number of hydrogen-bond donors (Lipinski definition) is 2. The molecular weight excluding hydrogens is 198 g/mol. The maximum absolute atomic E-state index is 11.4. The number of carbonyl (C=O) groups excluding carboxylic acids is 1. The average Bonchev–Trinajstić information content (AvgIpc) is 2.94. The van der Waals surface area contributed by atoms with Crippen LogP contribution in [-0.4, -0.2) is 37.2 Å². The highest BCUT2D eigenvalue weighted by molar-refractivity contribution is 5.89. The molecule has 3 atom stereocenters. The van der Waals surface area contributed by atoms with Crippen LogP contribution < -0.4 is 5.32 Å². The van der Waals surface area contributed by atoms with Crippen molar-refractivity contribution in [3.63, 3.8) is 0 Å². The van der Waals surface area contributed by atoms with Gasteiger partial charge in [-0.1, -0.05) is 6.92 Å². The highest BCUT2D eigenvalue weighted by Gasteiger charge is 2.48. The molecule has 1 fully saturated rings. The number of rotatable bonds is 6. The molecule has 0 radical (unpaired) electrons. The van der Waals surface area contributed by atoms with Gasteiger partial charge in [0.25, 0.3) is 0 Å². The van der Waals surface area contributed by atoms with Gasteiger partial charge in [0.1, 0.15) is 0 Å². The Morgan fingerprint density at radius 2 is 2.20 bits per heavy atom. The van der Waals surface area contributed by atoms with E-state index >= 15 is 0 Å². The number of carbonyl (C=O) groups is 2. The Bertz CT molecular complexity index is 254. The molecule has 0 saturated heterocycles. The highest BCUT2D eigenvalue weighted by Crippen LogP contribution is 2.38. The lowest BCUT2D eigenvalue weighted by molar-refractivity contribution is -0.140. The van der Waals surface area contributed by atoms with E-state index < -0.39 is 11.9 Å². The van der Waals surface area contributed by atoms with Gasteiger partial charge in [-0.05, 0) is 12.3 Å². The normalized spacial score (nSPS) is 25.7. The summed E-state index contributed by atoms with van der Waals surface area (Å²) in [6.45, 7) is 3.09. The van der Waals surface area contributed by atoms with E-state index in [0.29, 0.717) is 19.6 Å². The molecule has 1 saturated carbocycles. The number of carboxylic acid groups (broad SMARTS) is 1. The largest absolute Gasteiger partial charge is 0.481 e. The average molecular weight is 215 g/mol. The van der Waals surface area contributed by atoms with Crippen LogP contribution in [0, 0.1) is 17.8 Å². The van der Waals surface area contributed by atoms with Crippen LogP contribution in [0.5, 0.6) is 0 Å². The van der Waals surface area contributed by atoms with Crippen molar-refractivity contribution in [2.24, 2.45) is 17.8 Å². The van der Waals surface area contributed by atoms with Crippen LogP contribution in [0.15, 0.2) is 0 Å². The zero-order chi connectivity index (χ0) is 11.4. The van der Waals surface area contributed by atoms with Crippen LogP contribution in [0.1, 0.15) is 13.3 Å². The van der Waals surface area contributed by atoms with Crippen LogP contribution in [0.25, 0.3) is 0 Å². The maximum atomic E-state index is 11.4. The molecule has 0 aromatic carbocycles. The van der Waals surface area contributed by atoms with E-state index in [-0.39, 0.29) is 17.7 Å². The first kappa shape index (κ1) is 12.0. The fourth-order valence-electron chi connectivity index (χ4n) is 1.51. The van der Waals surface area contributed by atoms with E-state index in [0.717, 1.165) is 0 Å². The van der Waals surface area contributed by atoms with Crippen LogP contribution in [-0.2, 0) is 14.3 Å². The molecular formula is C10H17NO4. The van der Waals surface area contributed by atoms with E-state index in [1.807, 2.05) is 6.92 Å². The summed E-state index contributed by atoms with van der Waals surface area (Å²) >= 11 is 0. The molecule has 5 heteroatoms. The van der Waals surface area contributed by atoms with Gasteiger partial charge in [-0.25, -0.2) is 0 Å². The first-order chi connectivity index (χ1) is 7.06. The van der Waals surface area contributed by atoms with Crippen molar-refractivity contribution in [1.29, 1.82) is 0 Å². The van der Waals surface area contributed by atoms with E-state index in [1.165, 1.54) is 0 Å². The van der Waals surface area contributed by atoms with Gasteiger partial charge >= 0.3 is 5.97 Å². The van der Waals surface area contributed by atoms with E-state index in [2.05, 4.69) is 5.32 Å². The van der Waals surface area contributed by atoms with Crippen LogP contribution in [0.3, 0.4) is 0 Å². The molecule has 0 heterocycles. The number of carboxylic acids is 1. The summed E-state index contributed by atoms with van der Waals surface area (Å²) in [7, 11) is 1.61. The molecule has 0 bridgehead atoms. The second-order valence-corrected chi connectivity index (χ2v) is 4.09. The number of aliphatic carboxylic acids is 1. The number of ether oxygens (including phenoxy) is 1. The molecule has 15 heavy (non-hydrogen) atoms. The summed E-state index contributed by atoms with van der Waals surface area (Å²) in [5.74, 6) is -1.56. The molecule has 1 rings (SSSR count). The van der Waals surface area contributed by atoms with Gasteiger partial charge in [0, 0.05) is 13.7 Å². The quantitative estimate of drug-likeness (QED) is 0.659. The van der Waals surface area contributed by atoms with Crippen molar-refractivity contribution in [2.75, 3.05) is 20.3 Å². The molecule has 0 spiro atoms. The van der Waals surface area contributed by atoms with Gasteiger partial charge < -0.3 is 15.2 Å². The molecule has 1 unspecified atom stereocenters. The van der Waals surface area contributed by atoms with Crippen molar-refractivity contribution in [1.82, 2.24) is 5.32 Å². The summed E-state index contributed by atoms with van der Waals surface area (Å²) in [6, 6.07) is 0. The SMILES string of the molecule is COCC(C)CNC(=O)[C@@H]1C[C@@H]1C(=O)O. The van der Waals surface area contributed by atoms with Crippen molar-refractivity contribution >= 4 is 11.9 Å². The molecule has 1 aliphatic carbocycles. The van der Waals surface area contributed by atoms with Crippen molar-refractivity contribution in [2.45, 2.75) is 13.3 Å². The first-order valence-electron chi connectivity index (χ1n) is 5.05. The summed E-state index contributed by atoms with van der Waals surface area (Å²) in [5.41, 5.74) is 0. The van der Waals surface area contributed by atoms with Crippen LogP contribution in [0.2, 0.25) is 0 Å². The van der Waals surface area contributed by atoms with Crippen LogP contribution in [0.4, 0.5) is 0 Å². The lowest BCUT2D eigenvalue weighted by Crippen LogP contribution is -2.31. The Balaban J connectivity index is 2.18. The molecule has 1 amide bonds. The summed E-state index contributed by atoms with van der Waals surface area (Å²) < 4.78 is 4.93. The molecule has 2 N–H and O–H groups in total. The van der Waals surface area contributed by atoms with Gasteiger partial charge in [-0.3, -0.25) is 9.59 Å². The second kappa shape index (κ2) is 5.11. The van der Waals surface area contributed by atoms with Crippen molar-refractivity contribution in [3.8, 4) is 0 Å². The lowest BCUT2D eigenvalue weighted by atomic mass is 10.2. The third-order valence-corrected chi connectivity index (χ3v) is 2.52. The van der Waals surface area contributed by atoms with E-state index in [9.17, 15) is 9.59 Å². The third kappa shape index (κ3) is 3.51. The zero-order valence-electron chi connectivity index (χ0n) is 9.03. The molecule has 0 aliphatic heterocycles. The number of hydrogen-bond acceptors (Lipinski definition) is 3. The number of amides is 1. The molecule has 0 aromatic heterocycles. The van der Waals surface area contributed by atoms with Gasteiger partial charge in [-0.2, -0.15) is 0 Å². The second-order valence-electron chi connectivity index (χ2n) is 4.09. The molecule has 0 aromatic rings. The maximum Gasteiger partial charge on any atom is 0.307 e.